The van der Waals surface area contributed by atoms with E-state index in [0.29, 0.717) is 13.1 Å². The minimum absolute atomic E-state index is 0.101. The molecule has 0 radical (unpaired) electrons. The Morgan fingerprint density at radius 3 is 2.33 bits per heavy atom. The molecule has 2 amide bonds. The molecule has 0 unspecified atom stereocenters. The number of piperazine rings is 1. The summed E-state index contributed by atoms with van der Waals surface area (Å²) in [5, 5.41) is 9.89. The smallest absolute Gasteiger partial charge is 0.246 e. The maximum Gasteiger partial charge on any atom is 0.246 e. The number of imide groups is 1. The second-order valence-electron chi connectivity index (χ2n) is 5.52. The Labute approximate surface area is 123 Å². The number of carbonyl (C=O) groups excluding carboxylic acids is 2. The third kappa shape index (κ3) is 2.47. The Hall–Kier alpha value is -2.08. The highest BCUT2D eigenvalue weighted by molar-refractivity contribution is 6.05. The number of likely N-dealkylation sites (N-methyl/N-ethyl adjacent to an activating group) is 1. The van der Waals surface area contributed by atoms with Gasteiger partial charge in [-0.15, -0.1) is 0 Å². The molecule has 6 heteroatoms. The first kappa shape index (κ1) is 13.9. The van der Waals surface area contributed by atoms with E-state index in [0.717, 1.165) is 18.8 Å². The third-order valence-electron chi connectivity index (χ3n) is 4.34. The summed E-state index contributed by atoms with van der Waals surface area (Å²) in [6.07, 6.45) is 0.284. The standard InChI is InChI=1S/C15H19N3O3/c1-16-14(20)10-12(15(16)21)18-8-6-17(7-9-18)11-4-2-3-5-13(11)19/h2-5,12,19H,6-10H2,1H3/t12-/m1/s1. The quantitative estimate of drug-likeness (QED) is 0.792. The van der Waals surface area contributed by atoms with Gasteiger partial charge in [0.2, 0.25) is 11.8 Å². The normalized spacial score (nSPS) is 24.0. The predicted octanol–water partition coefficient (Wildman–Crippen LogP) is 0.271. The zero-order chi connectivity index (χ0) is 15.0. The van der Waals surface area contributed by atoms with Crippen LogP contribution < -0.4 is 4.90 Å². The molecule has 1 aromatic carbocycles. The molecular weight excluding hydrogens is 270 g/mol. The molecule has 2 saturated heterocycles. The molecule has 2 aliphatic heterocycles. The fourth-order valence-electron chi connectivity index (χ4n) is 3.03. The molecule has 1 aromatic rings. The monoisotopic (exact) mass is 289 g/mol. The van der Waals surface area contributed by atoms with Crippen molar-refractivity contribution in [1.29, 1.82) is 0 Å². The number of carbonyl (C=O) groups is 2. The van der Waals surface area contributed by atoms with E-state index in [2.05, 4.69) is 9.80 Å². The van der Waals surface area contributed by atoms with Gasteiger partial charge < -0.3 is 10.0 Å². The van der Waals surface area contributed by atoms with Gasteiger partial charge in [-0.1, -0.05) is 12.1 Å². The molecule has 6 nitrogen and oxygen atoms in total. The zero-order valence-electron chi connectivity index (χ0n) is 12.0. The van der Waals surface area contributed by atoms with Crippen molar-refractivity contribution in [3.63, 3.8) is 0 Å². The van der Waals surface area contributed by atoms with E-state index in [1.54, 1.807) is 19.2 Å². The number of benzene rings is 1. The van der Waals surface area contributed by atoms with E-state index in [1.807, 2.05) is 12.1 Å². The minimum Gasteiger partial charge on any atom is -0.506 e. The highest BCUT2D eigenvalue weighted by Crippen LogP contribution is 2.28. The van der Waals surface area contributed by atoms with Gasteiger partial charge in [0.05, 0.1) is 18.2 Å². The van der Waals surface area contributed by atoms with Gasteiger partial charge in [0.15, 0.2) is 0 Å². The van der Waals surface area contributed by atoms with Crippen molar-refractivity contribution in [1.82, 2.24) is 9.80 Å². The summed E-state index contributed by atoms with van der Waals surface area (Å²) < 4.78 is 0. The van der Waals surface area contributed by atoms with E-state index in [4.69, 9.17) is 0 Å². The molecular formula is C15H19N3O3. The van der Waals surface area contributed by atoms with Crippen molar-refractivity contribution in [2.24, 2.45) is 0 Å². The summed E-state index contributed by atoms with van der Waals surface area (Å²) in [5.74, 6) is 0.0712. The predicted molar refractivity (Wildman–Crippen MR) is 78.1 cm³/mol. The fourth-order valence-corrected chi connectivity index (χ4v) is 3.03. The lowest BCUT2D eigenvalue weighted by Gasteiger charge is -2.38. The van der Waals surface area contributed by atoms with Crippen LogP contribution in [0.4, 0.5) is 5.69 Å². The van der Waals surface area contributed by atoms with Crippen LogP contribution in [0.2, 0.25) is 0 Å². The zero-order valence-corrected chi connectivity index (χ0v) is 12.0. The number of para-hydroxylation sites is 2. The molecule has 0 aromatic heterocycles. The number of rotatable bonds is 2. The molecule has 0 aliphatic carbocycles. The summed E-state index contributed by atoms with van der Waals surface area (Å²) >= 11 is 0. The summed E-state index contributed by atoms with van der Waals surface area (Å²) in [7, 11) is 1.54. The molecule has 0 bridgehead atoms. The highest BCUT2D eigenvalue weighted by atomic mass is 16.3. The highest BCUT2D eigenvalue weighted by Gasteiger charge is 2.40. The largest absolute Gasteiger partial charge is 0.506 e. The first-order valence-electron chi connectivity index (χ1n) is 7.15. The SMILES string of the molecule is CN1C(=O)C[C@@H](N2CCN(c3ccccc3O)CC2)C1=O. The van der Waals surface area contributed by atoms with Crippen LogP contribution in [0.5, 0.6) is 5.75 Å². The van der Waals surface area contributed by atoms with Gasteiger partial charge in [-0.3, -0.25) is 19.4 Å². The lowest BCUT2D eigenvalue weighted by atomic mass is 10.1. The lowest BCUT2D eigenvalue weighted by molar-refractivity contribution is -0.138. The Balaban J connectivity index is 1.65. The molecule has 21 heavy (non-hydrogen) atoms. The van der Waals surface area contributed by atoms with Gasteiger partial charge in [-0.25, -0.2) is 0 Å². The summed E-state index contributed by atoms with van der Waals surface area (Å²) in [6.45, 7) is 2.90. The average molecular weight is 289 g/mol. The number of hydrogen-bond donors (Lipinski definition) is 1. The third-order valence-corrected chi connectivity index (χ3v) is 4.34. The number of phenolic OH excluding ortho intramolecular Hbond substituents is 1. The second-order valence-corrected chi connectivity index (χ2v) is 5.52. The van der Waals surface area contributed by atoms with Crippen molar-refractivity contribution in [3.8, 4) is 5.75 Å². The van der Waals surface area contributed by atoms with Crippen molar-refractivity contribution < 1.29 is 14.7 Å². The average Bonchev–Trinajstić information content (AvgIpc) is 2.76. The van der Waals surface area contributed by atoms with Crippen molar-refractivity contribution in [2.45, 2.75) is 12.5 Å². The molecule has 3 rings (SSSR count). The molecule has 0 spiro atoms. The Morgan fingerprint density at radius 2 is 1.76 bits per heavy atom. The Bertz CT molecular complexity index is 567. The summed E-state index contributed by atoms with van der Waals surface area (Å²) in [6, 6.07) is 6.95. The van der Waals surface area contributed by atoms with Crippen LogP contribution in [0.15, 0.2) is 24.3 Å². The van der Waals surface area contributed by atoms with Crippen LogP contribution >= 0.6 is 0 Å². The van der Waals surface area contributed by atoms with Gasteiger partial charge in [0.25, 0.3) is 0 Å². The Morgan fingerprint density at radius 1 is 1.10 bits per heavy atom. The number of nitrogens with zero attached hydrogens (tertiary/aromatic N) is 3. The molecule has 2 heterocycles. The van der Waals surface area contributed by atoms with Crippen LogP contribution in [0.3, 0.4) is 0 Å². The van der Waals surface area contributed by atoms with Crippen LogP contribution in [-0.4, -0.2) is 66.0 Å². The maximum absolute atomic E-state index is 12.0. The van der Waals surface area contributed by atoms with Gasteiger partial charge in [0, 0.05) is 33.2 Å². The fraction of sp³-hybridized carbons (Fsp3) is 0.467. The number of likely N-dealkylation sites (tertiary alicyclic amines) is 1. The maximum atomic E-state index is 12.0. The van der Waals surface area contributed by atoms with Gasteiger partial charge in [0.1, 0.15) is 5.75 Å². The van der Waals surface area contributed by atoms with E-state index in [9.17, 15) is 14.7 Å². The number of aromatic hydroxyl groups is 1. The summed E-state index contributed by atoms with van der Waals surface area (Å²) in [5.41, 5.74) is 0.822. The van der Waals surface area contributed by atoms with E-state index < -0.39 is 0 Å². The van der Waals surface area contributed by atoms with Crippen LogP contribution in [-0.2, 0) is 9.59 Å². The topological polar surface area (TPSA) is 64.1 Å². The van der Waals surface area contributed by atoms with Gasteiger partial charge in [-0.05, 0) is 12.1 Å². The van der Waals surface area contributed by atoms with Crippen LogP contribution in [0, 0.1) is 0 Å². The molecule has 0 saturated carbocycles. The van der Waals surface area contributed by atoms with Crippen molar-refractivity contribution in [2.75, 3.05) is 38.1 Å². The first-order chi connectivity index (χ1) is 10.1. The van der Waals surface area contributed by atoms with Crippen LogP contribution in [0.25, 0.3) is 0 Å². The van der Waals surface area contributed by atoms with Gasteiger partial charge in [-0.2, -0.15) is 0 Å². The number of amides is 2. The first-order valence-corrected chi connectivity index (χ1v) is 7.15. The van der Waals surface area contributed by atoms with Crippen LogP contribution in [0.1, 0.15) is 6.42 Å². The number of phenols is 1. The molecule has 2 fully saturated rings. The molecule has 1 atom stereocenters. The molecule has 112 valence electrons. The van der Waals surface area contributed by atoms with E-state index in [-0.39, 0.29) is 30.0 Å². The van der Waals surface area contributed by atoms with E-state index in [1.165, 1.54) is 4.90 Å². The van der Waals surface area contributed by atoms with Gasteiger partial charge >= 0.3 is 0 Å². The lowest BCUT2D eigenvalue weighted by Crippen LogP contribution is -2.52. The van der Waals surface area contributed by atoms with E-state index >= 15 is 0 Å². The van der Waals surface area contributed by atoms with Crippen molar-refractivity contribution >= 4 is 17.5 Å². The Kier molecular flexibility index (Phi) is 3.55. The molecule has 2 aliphatic rings. The van der Waals surface area contributed by atoms with Crippen molar-refractivity contribution in [3.05, 3.63) is 24.3 Å². The number of hydrogen-bond acceptors (Lipinski definition) is 5. The second kappa shape index (κ2) is 5.37. The summed E-state index contributed by atoms with van der Waals surface area (Å²) in [4.78, 5) is 29.0. The number of anilines is 1. The minimum atomic E-state index is -0.311. The molecule has 1 N–H and O–H groups in total.